The molecule has 1 aliphatic heterocycles. The highest BCUT2D eigenvalue weighted by molar-refractivity contribution is 4.81. The SMILES string of the molecule is CCC(C)N(CC)CC(C)C1CNC1. The van der Waals surface area contributed by atoms with Crippen LogP contribution in [0.2, 0.25) is 0 Å². The maximum Gasteiger partial charge on any atom is 0.00643 e. The molecule has 0 aromatic rings. The minimum absolute atomic E-state index is 0.746. The summed E-state index contributed by atoms with van der Waals surface area (Å²) in [6.45, 7) is 14.2. The lowest BCUT2D eigenvalue weighted by molar-refractivity contribution is 0.138. The lowest BCUT2D eigenvalue weighted by Gasteiger charge is -2.37. The fraction of sp³-hybridized carbons (Fsp3) is 1.00. The summed E-state index contributed by atoms with van der Waals surface area (Å²) in [6.07, 6.45) is 1.27. The first-order valence-electron chi connectivity index (χ1n) is 6.13. The standard InChI is InChI=1S/C12H26N2/c1-5-11(4)14(6-2)9-10(3)12-7-13-8-12/h10-13H,5-9H2,1-4H3. The van der Waals surface area contributed by atoms with Crippen LogP contribution >= 0.6 is 0 Å². The number of nitrogens with zero attached hydrogens (tertiary/aromatic N) is 1. The molecule has 0 spiro atoms. The van der Waals surface area contributed by atoms with Gasteiger partial charge in [-0.3, -0.25) is 0 Å². The third-order valence-electron chi connectivity index (χ3n) is 3.76. The second-order valence-corrected chi connectivity index (χ2v) is 4.74. The Balaban J connectivity index is 2.30. The average molecular weight is 198 g/mol. The van der Waals surface area contributed by atoms with Gasteiger partial charge >= 0.3 is 0 Å². The lowest BCUT2D eigenvalue weighted by atomic mass is 9.88. The molecule has 2 unspecified atom stereocenters. The topological polar surface area (TPSA) is 15.3 Å². The molecule has 0 aliphatic carbocycles. The Morgan fingerprint density at radius 1 is 1.29 bits per heavy atom. The first-order valence-corrected chi connectivity index (χ1v) is 6.13. The van der Waals surface area contributed by atoms with Crippen molar-refractivity contribution in [3.63, 3.8) is 0 Å². The van der Waals surface area contributed by atoms with Crippen molar-refractivity contribution in [1.82, 2.24) is 10.2 Å². The van der Waals surface area contributed by atoms with Crippen LogP contribution in [0.4, 0.5) is 0 Å². The first kappa shape index (κ1) is 12.0. The third-order valence-corrected chi connectivity index (χ3v) is 3.76. The number of hydrogen-bond donors (Lipinski definition) is 1. The summed E-state index contributed by atoms with van der Waals surface area (Å²) in [6, 6.07) is 0.746. The van der Waals surface area contributed by atoms with Gasteiger partial charge in [-0.15, -0.1) is 0 Å². The minimum Gasteiger partial charge on any atom is -0.316 e. The normalized spacial score (nSPS) is 22.1. The van der Waals surface area contributed by atoms with Gasteiger partial charge in [-0.1, -0.05) is 20.8 Å². The lowest BCUT2D eigenvalue weighted by Crippen LogP contribution is -2.49. The van der Waals surface area contributed by atoms with E-state index in [0.29, 0.717) is 0 Å². The monoisotopic (exact) mass is 198 g/mol. The zero-order valence-corrected chi connectivity index (χ0v) is 10.2. The van der Waals surface area contributed by atoms with E-state index >= 15 is 0 Å². The highest BCUT2D eigenvalue weighted by Crippen LogP contribution is 2.18. The fourth-order valence-electron chi connectivity index (χ4n) is 2.11. The smallest absolute Gasteiger partial charge is 0.00643 e. The highest BCUT2D eigenvalue weighted by atomic mass is 15.1. The van der Waals surface area contributed by atoms with Gasteiger partial charge in [0.15, 0.2) is 0 Å². The molecule has 0 aromatic carbocycles. The van der Waals surface area contributed by atoms with E-state index in [1.54, 1.807) is 0 Å². The van der Waals surface area contributed by atoms with Gasteiger partial charge in [-0.25, -0.2) is 0 Å². The highest BCUT2D eigenvalue weighted by Gasteiger charge is 2.25. The Morgan fingerprint density at radius 3 is 2.29 bits per heavy atom. The molecule has 1 heterocycles. The summed E-state index contributed by atoms with van der Waals surface area (Å²) >= 11 is 0. The van der Waals surface area contributed by atoms with Crippen molar-refractivity contribution in [3.8, 4) is 0 Å². The van der Waals surface area contributed by atoms with Crippen molar-refractivity contribution in [3.05, 3.63) is 0 Å². The van der Waals surface area contributed by atoms with Gasteiger partial charge in [0, 0.05) is 12.6 Å². The molecule has 0 aromatic heterocycles. The molecule has 2 heteroatoms. The van der Waals surface area contributed by atoms with Gasteiger partial charge in [0.25, 0.3) is 0 Å². The Kier molecular flexibility index (Phi) is 4.90. The van der Waals surface area contributed by atoms with Gasteiger partial charge in [0.1, 0.15) is 0 Å². The van der Waals surface area contributed by atoms with Crippen molar-refractivity contribution in [2.24, 2.45) is 11.8 Å². The van der Waals surface area contributed by atoms with Gasteiger partial charge < -0.3 is 10.2 Å². The molecular formula is C12H26N2. The van der Waals surface area contributed by atoms with Crippen LogP contribution in [0.5, 0.6) is 0 Å². The van der Waals surface area contributed by atoms with Crippen molar-refractivity contribution >= 4 is 0 Å². The summed E-state index contributed by atoms with van der Waals surface area (Å²) in [5, 5.41) is 3.36. The van der Waals surface area contributed by atoms with Crippen LogP contribution in [0, 0.1) is 11.8 Å². The molecule has 1 fully saturated rings. The summed E-state index contributed by atoms with van der Waals surface area (Å²) < 4.78 is 0. The predicted octanol–water partition coefficient (Wildman–Crippen LogP) is 1.96. The molecule has 2 nitrogen and oxygen atoms in total. The van der Waals surface area contributed by atoms with Crippen LogP contribution in [0.1, 0.15) is 34.1 Å². The average Bonchev–Trinajstić information content (AvgIpc) is 2.10. The van der Waals surface area contributed by atoms with Crippen LogP contribution in [-0.2, 0) is 0 Å². The van der Waals surface area contributed by atoms with Gasteiger partial charge in [-0.05, 0) is 44.8 Å². The molecule has 1 rings (SSSR count). The van der Waals surface area contributed by atoms with E-state index in [9.17, 15) is 0 Å². The van der Waals surface area contributed by atoms with Crippen LogP contribution in [0.15, 0.2) is 0 Å². The Bertz CT molecular complexity index is 154. The number of hydrogen-bond acceptors (Lipinski definition) is 2. The predicted molar refractivity (Wildman–Crippen MR) is 62.5 cm³/mol. The van der Waals surface area contributed by atoms with Crippen molar-refractivity contribution in [2.45, 2.75) is 40.2 Å². The summed E-state index contributed by atoms with van der Waals surface area (Å²) in [4.78, 5) is 2.61. The van der Waals surface area contributed by atoms with Crippen LogP contribution < -0.4 is 5.32 Å². The molecule has 0 radical (unpaired) electrons. The van der Waals surface area contributed by atoms with E-state index in [-0.39, 0.29) is 0 Å². The molecule has 0 bridgehead atoms. The molecule has 1 N–H and O–H groups in total. The van der Waals surface area contributed by atoms with E-state index in [0.717, 1.165) is 17.9 Å². The third kappa shape index (κ3) is 2.96. The fourth-order valence-corrected chi connectivity index (χ4v) is 2.11. The zero-order chi connectivity index (χ0) is 10.6. The minimum atomic E-state index is 0.746. The molecule has 0 saturated carbocycles. The van der Waals surface area contributed by atoms with Crippen molar-refractivity contribution < 1.29 is 0 Å². The van der Waals surface area contributed by atoms with Crippen molar-refractivity contribution in [1.29, 1.82) is 0 Å². The van der Waals surface area contributed by atoms with Gasteiger partial charge in [0.05, 0.1) is 0 Å². The largest absolute Gasteiger partial charge is 0.316 e. The van der Waals surface area contributed by atoms with Crippen LogP contribution in [-0.4, -0.2) is 37.1 Å². The maximum absolute atomic E-state index is 3.36. The molecule has 0 amide bonds. The number of rotatable bonds is 6. The summed E-state index contributed by atoms with van der Waals surface area (Å²) in [7, 11) is 0. The van der Waals surface area contributed by atoms with E-state index < -0.39 is 0 Å². The van der Waals surface area contributed by atoms with Crippen LogP contribution in [0.3, 0.4) is 0 Å². The van der Waals surface area contributed by atoms with Crippen molar-refractivity contribution in [2.75, 3.05) is 26.2 Å². The first-order chi connectivity index (χ1) is 6.69. The summed E-state index contributed by atoms with van der Waals surface area (Å²) in [5.74, 6) is 1.78. The molecule has 14 heavy (non-hydrogen) atoms. The Labute approximate surface area is 89.1 Å². The van der Waals surface area contributed by atoms with Gasteiger partial charge in [-0.2, -0.15) is 0 Å². The molecular weight excluding hydrogens is 172 g/mol. The van der Waals surface area contributed by atoms with Crippen LogP contribution in [0.25, 0.3) is 0 Å². The molecule has 1 aliphatic rings. The maximum atomic E-state index is 3.36. The second-order valence-electron chi connectivity index (χ2n) is 4.74. The zero-order valence-electron chi connectivity index (χ0n) is 10.2. The summed E-state index contributed by atoms with van der Waals surface area (Å²) in [5.41, 5.74) is 0. The quantitative estimate of drug-likeness (QED) is 0.702. The Morgan fingerprint density at radius 2 is 1.93 bits per heavy atom. The van der Waals surface area contributed by atoms with E-state index in [4.69, 9.17) is 0 Å². The Hall–Kier alpha value is -0.0800. The molecule has 1 saturated heterocycles. The van der Waals surface area contributed by atoms with E-state index in [2.05, 4.69) is 37.9 Å². The second kappa shape index (κ2) is 5.72. The van der Waals surface area contributed by atoms with Gasteiger partial charge in [0.2, 0.25) is 0 Å². The molecule has 84 valence electrons. The number of nitrogens with one attached hydrogen (secondary N) is 1. The van der Waals surface area contributed by atoms with E-state index in [1.165, 1.54) is 32.6 Å². The molecule has 2 atom stereocenters. The van der Waals surface area contributed by atoms with E-state index in [1.807, 2.05) is 0 Å².